The second-order valence-corrected chi connectivity index (χ2v) is 13.0. The second kappa shape index (κ2) is 10.9. The summed E-state index contributed by atoms with van der Waals surface area (Å²) in [5, 5.41) is 2.30. The lowest BCUT2D eigenvalue weighted by molar-refractivity contribution is -0.141. The quantitative estimate of drug-likeness (QED) is 0.257. The lowest BCUT2D eigenvalue weighted by Crippen LogP contribution is -2.42. The highest BCUT2D eigenvalue weighted by atomic mass is 19.4. The number of ether oxygens (including phenoxy) is 1. The van der Waals surface area contributed by atoms with E-state index in [-0.39, 0.29) is 34.0 Å². The number of hydrogen-bond donors (Lipinski definition) is 0. The molecule has 3 rings (SSSR count). The predicted molar refractivity (Wildman–Crippen MR) is 147 cm³/mol. The molecule has 2 aromatic carbocycles. The maximum atomic E-state index is 14.0. The van der Waals surface area contributed by atoms with Crippen molar-refractivity contribution in [1.82, 2.24) is 5.06 Å². The highest BCUT2D eigenvalue weighted by Crippen LogP contribution is 2.41. The molecule has 0 aliphatic rings. The van der Waals surface area contributed by atoms with Crippen LogP contribution < -0.4 is 4.84 Å². The van der Waals surface area contributed by atoms with Crippen molar-refractivity contribution in [2.75, 3.05) is 13.6 Å². The first-order valence-electron chi connectivity index (χ1n) is 13.1. The SMILES string of the molecule is CN(CCC(C)(C)OC(CC(C)(C)C)C(C)(C)C)Oc1ccc(-c2cc3ccccc3o2)c(C(F)(F)F)c1. The van der Waals surface area contributed by atoms with Gasteiger partial charge in [0.15, 0.2) is 0 Å². The Bertz CT molecular complexity index is 1180. The molecule has 4 nitrogen and oxygen atoms in total. The van der Waals surface area contributed by atoms with Gasteiger partial charge in [0.2, 0.25) is 0 Å². The Hall–Kier alpha value is -2.51. The molecule has 7 heteroatoms. The van der Waals surface area contributed by atoms with Crippen molar-refractivity contribution in [1.29, 1.82) is 0 Å². The fraction of sp³-hybridized carbons (Fsp3) is 0.548. The van der Waals surface area contributed by atoms with Crippen LogP contribution in [-0.4, -0.2) is 30.4 Å². The van der Waals surface area contributed by atoms with Crippen molar-refractivity contribution in [3.8, 4) is 17.1 Å². The van der Waals surface area contributed by atoms with Crippen LogP contribution in [0.15, 0.2) is 52.9 Å². The van der Waals surface area contributed by atoms with Gasteiger partial charge < -0.3 is 14.0 Å². The van der Waals surface area contributed by atoms with Gasteiger partial charge in [-0.3, -0.25) is 0 Å². The molecule has 210 valence electrons. The summed E-state index contributed by atoms with van der Waals surface area (Å²) < 4.78 is 54.4. The molecule has 0 radical (unpaired) electrons. The highest BCUT2D eigenvalue weighted by molar-refractivity contribution is 5.83. The van der Waals surface area contributed by atoms with E-state index < -0.39 is 17.3 Å². The fourth-order valence-electron chi connectivity index (χ4n) is 4.32. The van der Waals surface area contributed by atoms with E-state index in [9.17, 15) is 13.2 Å². The first kappa shape index (κ1) is 30.0. The number of halogens is 3. The van der Waals surface area contributed by atoms with Crippen LogP contribution in [0.1, 0.15) is 73.8 Å². The van der Waals surface area contributed by atoms with Gasteiger partial charge in [-0.15, -0.1) is 5.06 Å². The number of benzene rings is 2. The lowest BCUT2D eigenvalue weighted by Gasteiger charge is -2.41. The number of fused-ring (bicyclic) bond motifs is 1. The summed E-state index contributed by atoms with van der Waals surface area (Å²) in [6, 6.07) is 12.7. The van der Waals surface area contributed by atoms with E-state index in [4.69, 9.17) is 14.0 Å². The Morgan fingerprint density at radius 2 is 1.55 bits per heavy atom. The smallest absolute Gasteiger partial charge is 0.417 e. The zero-order valence-corrected chi connectivity index (χ0v) is 24.1. The van der Waals surface area contributed by atoms with Crippen LogP contribution in [0.5, 0.6) is 5.75 Å². The molecule has 1 unspecified atom stereocenters. The molecular formula is C31H42F3NO3. The summed E-state index contributed by atoms with van der Waals surface area (Å²) in [6.45, 7) is 17.7. The van der Waals surface area contributed by atoms with Crippen molar-refractivity contribution in [2.45, 2.75) is 86.1 Å². The predicted octanol–water partition coefficient (Wildman–Crippen LogP) is 9.38. The molecule has 0 saturated carbocycles. The summed E-state index contributed by atoms with van der Waals surface area (Å²) in [4.78, 5) is 5.80. The van der Waals surface area contributed by atoms with Crippen LogP contribution in [0, 0.1) is 10.8 Å². The minimum absolute atomic E-state index is 0.0229. The molecule has 3 aromatic rings. The summed E-state index contributed by atoms with van der Waals surface area (Å²) >= 11 is 0. The maximum Gasteiger partial charge on any atom is 0.417 e. The average Bonchev–Trinajstić information content (AvgIpc) is 3.19. The first-order valence-corrected chi connectivity index (χ1v) is 13.1. The lowest BCUT2D eigenvalue weighted by atomic mass is 9.78. The van der Waals surface area contributed by atoms with E-state index in [2.05, 4.69) is 41.5 Å². The Labute approximate surface area is 225 Å². The van der Waals surface area contributed by atoms with Crippen LogP contribution in [0.3, 0.4) is 0 Å². The minimum Gasteiger partial charge on any atom is -0.456 e. The molecule has 1 aromatic heterocycles. The topological polar surface area (TPSA) is 34.8 Å². The monoisotopic (exact) mass is 533 g/mol. The van der Waals surface area contributed by atoms with Crippen molar-refractivity contribution in [3.63, 3.8) is 0 Å². The van der Waals surface area contributed by atoms with Crippen molar-refractivity contribution in [3.05, 3.63) is 54.1 Å². The zero-order valence-electron chi connectivity index (χ0n) is 24.1. The molecule has 38 heavy (non-hydrogen) atoms. The van der Waals surface area contributed by atoms with Crippen molar-refractivity contribution < 1.29 is 27.2 Å². The van der Waals surface area contributed by atoms with Crippen molar-refractivity contribution in [2.24, 2.45) is 10.8 Å². The number of hydrogen-bond acceptors (Lipinski definition) is 4. The molecule has 0 aliphatic carbocycles. The summed E-state index contributed by atoms with van der Waals surface area (Å²) in [5.74, 6) is 0.277. The van der Waals surface area contributed by atoms with Crippen LogP contribution in [0.25, 0.3) is 22.3 Å². The second-order valence-electron chi connectivity index (χ2n) is 13.0. The van der Waals surface area contributed by atoms with E-state index in [1.165, 1.54) is 12.1 Å². The summed E-state index contributed by atoms with van der Waals surface area (Å²) in [7, 11) is 1.72. The Morgan fingerprint density at radius 3 is 2.13 bits per heavy atom. The number of rotatable bonds is 9. The standard InChI is InChI=1S/C31H42F3NO3/c1-28(2,3)20-27(29(4,5)6)37-30(7,8)16-17-35(9)38-22-14-15-23(24(19-22)31(32,33)34)26-18-21-12-10-11-13-25(21)36-26/h10-15,18-19,27H,16-17,20H2,1-9H3. The van der Waals surface area contributed by atoms with Gasteiger partial charge in [-0.05, 0) is 67.9 Å². The minimum atomic E-state index is -4.57. The molecular weight excluding hydrogens is 491 g/mol. The molecule has 0 bridgehead atoms. The number of nitrogens with zero attached hydrogens (tertiary/aromatic N) is 1. The van der Waals surface area contributed by atoms with Crippen LogP contribution in [0.2, 0.25) is 0 Å². The van der Waals surface area contributed by atoms with Crippen LogP contribution in [0.4, 0.5) is 13.2 Å². The third-order valence-electron chi connectivity index (χ3n) is 6.50. The molecule has 0 N–H and O–H groups in total. The number of hydroxylamine groups is 2. The molecule has 1 heterocycles. The van der Waals surface area contributed by atoms with Gasteiger partial charge in [-0.2, -0.15) is 13.2 Å². The van der Waals surface area contributed by atoms with E-state index in [1.54, 1.807) is 36.4 Å². The normalized spacial score (nSPS) is 14.3. The van der Waals surface area contributed by atoms with Gasteiger partial charge in [0.25, 0.3) is 0 Å². The third-order valence-corrected chi connectivity index (χ3v) is 6.50. The largest absolute Gasteiger partial charge is 0.456 e. The highest BCUT2D eigenvalue weighted by Gasteiger charge is 2.36. The number of para-hydroxylation sites is 1. The number of furan rings is 1. The van der Waals surface area contributed by atoms with Gasteiger partial charge in [-0.1, -0.05) is 59.7 Å². The van der Waals surface area contributed by atoms with Crippen molar-refractivity contribution >= 4 is 11.0 Å². The van der Waals surface area contributed by atoms with E-state index in [0.29, 0.717) is 18.5 Å². The van der Waals surface area contributed by atoms with Gasteiger partial charge in [0.1, 0.15) is 17.1 Å². The van der Waals surface area contributed by atoms with Gasteiger partial charge >= 0.3 is 6.18 Å². The number of alkyl halides is 3. The molecule has 0 saturated heterocycles. The summed E-state index contributed by atoms with van der Waals surface area (Å²) in [5.41, 5.74) is -0.632. The Balaban J connectivity index is 1.72. The van der Waals surface area contributed by atoms with E-state index in [1.807, 2.05) is 19.9 Å². The average molecular weight is 534 g/mol. The van der Waals surface area contributed by atoms with E-state index >= 15 is 0 Å². The van der Waals surface area contributed by atoms with Gasteiger partial charge in [-0.25, -0.2) is 0 Å². The van der Waals surface area contributed by atoms with Crippen LogP contribution in [-0.2, 0) is 10.9 Å². The first-order chi connectivity index (χ1) is 17.3. The zero-order chi connectivity index (χ0) is 28.5. The molecule has 0 aliphatic heterocycles. The summed E-state index contributed by atoms with van der Waals surface area (Å²) in [6.07, 6.45) is -2.95. The van der Waals surface area contributed by atoms with Gasteiger partial charge in [0, 0.05) is 24.5 Å². The fourth-order valence-corrected chi connectivity index (χ4v) is 4.32. The molecule has 0 amide bonds. The molecule has 0 fully saturated rings. The molecule has 0 spiro atoms. The van der Waals surface area contributed by atoms with Crippen LogP contribution >= 0.6 is 0 Å². The van der Waals surface area contributed by atoms with E-state index in [0.717, 1.165) is 17.9 Å². The third kappa shape index (κ3) is 8.24. The van der Waals surface area contributed by atoms with Gasteiger partial charge in [0.05, 0.1) is 17.3 Å². The molecule has 1 atom stereocenters. The Kier molecular flexibility index (Phi) is 8.64. The Morgan fingerprint density at radius 1 is 0.895 bits per heavy atom. The maximum absolute atomic E-state index is 14.0.